The molecule has 4 saturated carbocycles. The molecule has 4 fully saturated rings. The van der Waals surface area contributed by atoms with Gasteiger partial charge in [-0.1, -0.05) is 53.5 Å². The standard InChI is InChI=1S/C36H54O7S/c1-9-10-17-44(41,42)21-23-19-32(4)26(33(5,22-37)29(23)39)11-12-34(6)27(32)18-25(38)28-24-20-31(2,3)13-15-36(24,30(40)43-8)16-14-35(28,34)7/h18,21,24,26,28,37H,9-17,19-20,22H2,1-8H3/t24-,26+,28-,32-,33+,34+,35+,36-/m0/s1. The molecule has 44 heavy (non-hydrogen) atoms. The molecule has 246 valence electrons. The Balaban J connectivity index is 1.66. The van der Waals surface area contributed by atoms with Gasteiger partial charge in [0.05, 0.1) is 30.3 Å². The summed E-state index contributed by atoms with van der Waals surface area (Å²) in [5, 5.41) is 11.9. The normalized spacial score (nSPS) is 44.2. The molecule has 0 aromatic rings. The number of sulfone groups is 1. The first kappa shape index (κ1) is 33.6. The summed E-state index contributed by atoms with van der Waals surface area (Å²) in [6.07, 6.45) is 8.58. The third-order valence-corrected chi connectivity index (χ3v) is 15.3. The lowest BCUT2D eigenvalue weighted by Crippen LogP contribution is -2.66. The largest absolute Gasteiger partial charge is 0.469 e. The Morgan fingerprint density at radius 2 is 1.70 bits per heavy atom. The Bertz CT molecular complexity index is 1420. The van der Waals surface area contributed by atoms with Crippen LogP contribution in [0.5, 0.6) is 0 Å². The fourth-order valence-electron chi connectivity index (χ4n) is 11.2. The zero-order valence-electron chi connectivity index (χ0n) is 28.2. The molecular weight excluding hydrogens is 576 g/mol. The molecule has 0 radical (unpaired) electrons. The van der Waals surface area contributed by atoms with Crippen LogP contribution in [0.3, 0.4) is 0 Å². The summed E-state index contributed by atoms with van der Waals surface area (Å²) in [4.78, 5) is 42.1. The predicted octanol–water partition coefficient (Wildman–Crippen LogP) is 6.39. The number of esters is 1. The molecule has 0 spiro atoms. The number of hydrogen-bond donors (Lipinski definition) is 1. The molecule has 0 heterocycles. The van der Waals surface area contributed by atoms with Gasteiger partial charge < -0.3 is 9.84 Å². The van der Waals surface area contributed by atoms with E-state index in [9.17, 15) is 27.9 Å². The van der Waals surface area contributed by atoms with Crippen LogP contribution in [-0.2, 0) is 29.0 Å². The van der Waals surface area contributed by atoms with Gasteiger partial charge in [-0.05, 0) is 104 Å². The summed E-state index contributed by atoms with van der Waals surface area (Å²) < 4.78 is 31.6. The van der Waals surface area contributed by atoms with Gasteiger partial charge in [-0.15, -0.1) is 0 Å². The summed E-state index contributed by atoms with van der Waals surface area (Å²) in [7, 11) is -2.16. The van der Waals surface area contributed by atoms with Gasteiger partial charge in [-0.3, -0.25) is 14.4 Å². The lowest BCUT2D eigenvalue weighted by atomic mass is 9.33. The first-order chi connectivity index (χ1) is 20.3. The summed E-state index contributed by atoms with van der Waals surface area (Å²) in [6, 6.07) is 0. The fraction of sp³-hybridized carbons (Fsp3) is 0.806. The van der Waals surface area contributed by atoms with E-state index in [4.69, 9.17) is 4.74 Å². The van der Waals surface area contributed by atoms with Crippen molar-refractivity contribution in [1.29, 1.82) is 0 Å². The Morgan fingerprint density at radius 1 is 1.05 bits per heavy atom. The summed E-state index contributed by atoms with van der Waals surface area (Å²) in [6.45, 7) is 14.4. The van der Waals surface area contributed by atoms with Gasteiger partial charge in [0.2, 0.25) is 0 Å². The van der Waals surface area contributed by atoms with Crippen LogP contribution in [0.4, 0.5) is 0 Å². The zero-order valence-corrected chi connectivity index (χ0v) is 29.0. The number of carbonyl (C=O) groups is 3. The molecule has 8 atom stereocenters. The van der Waals surface area contributed by atoms with Gasteiger partial charge in [-0.25, -0.2) is 8.42 Å². The Labute approximate surface area is 264 Å². The Kier molecular flexibility index (Phi) is 8.10. The van der Waals surface area contributed by atoms with Crippen LogP contribution in [-0.4, -0.2) is 50.5 Å². The van der Waals surface area contributed by atoms with E-state index < -0.39 is 36.9 Å². The average Bonchev–Trinajstić information content (AvgIpc) is 2.95. The second-order valence-electron chi connectivity index (χ2n) is 16.8. The molecular formula is C36H54O7S. The Morgan fingerprint density at radius 3 is 2.32 bits per heavy atom. The summed E-state index contributed by atoms with van der Waals surface area (Å²) in [5.74, 6) is -1.14. The number of hydrogen-bond acceptors (Lipinski definition) is 7. The molecule has 1 N–H and O–H groups in total. The fourth-order valence-corrected chi connectivity index (χ4v) is 12.6. The molecule has 5 aliphatic carbocycles. The second kappa shape index (κ2) is 10.6. The van der Waals surface area contributed by atoms with E-state index in [1.165, 1.54) is 12.5 Å². The van der Waals surface area contributed by atoms with Crippen molar-refractivity contribution in [3.8, 4) is 0 Å². The zero-order chi connectivity index (χ0) is 32.7. The molecule has 7 nitrogen and oxygen atoms in total. The number of unbranched alkanes of at least 4 members (excludes halogenated alkanes) is 1. The number of methoxy groups -OCH3 is 1. The van der Waals surface area contributed by atoms with Crippen LogP contribution >= 0.6 is 0 Å². The first-order valence-electron chi connectivity index (χ1n) is 16.7. The van der Waals surface area contributed by atoms with Gasteiger partial charge in [0.15, 0.2) is 21.4 Å². The van der Waals surface area contributed by atoms with Crippen molar-refractivity contribution in [3.05, 3.63) is 22.6 Å². The quantitative estimate of drug-likeness (QED) is 0.267. The van der Waals surface area contributed by atoms with E-state index in [-0.39, 0.29) is 65.1 Å². The third kappa shape index (κ3) is 4.57. The van der Waals surface area contributed by atoms with Gasteiger partial charge in [-0.2, -0.15) is 0 Å². The minimum absolute atomic E-state index is 0.00485. The number of carbonyl (C=O) groups excluding carboxylic acids is 3. The maximum Gasteiger partial charge on any atom is 0.312 e. The topological polar surface area (TPSA) is 115 Å². The number of fused-ring (bicyclic) bond motifs is 7. The van der Waals surface area contributed by atoms with Crippen molar-refractivity contribution >= 4 is 27.4 Å². The van der Waals surface area contributed by atoms with E-state index >= 15 is 0 Å². The molecule has 8 heteroatoms. The maximum absolute atomic E-state index is 14.6. The van der Waals surface area contributed by atoms with Crippen LogP contribution in [0.1, 0.15) is 113 Å². The highest BCUT2D eigenvalue weighted by atomic mass is 32.2. The lowest BCUT2D eigenvalue weighted by Gasteiger charge is -2.69. The van der Waals surface area contributed by atoms with Gasteiger partial charge in [0, 0.05) is 16.9 Å². The molecule has 0 aromatic carbocycles. The third-order valence-electron chi connectivity index (χ3n) is 13.8. The highest BCUT2D eigenvalue weighted by molar-refractivity contribution is 7.94. The van der Waals surface area contributed by atoms with E-state index in [0.717, 1.165) is 37.7 Å². The SMILES string of the molecule is CCCCS(=O)(=O)C=C1C[C@]2(C)C3=CC(=O)[C@@H]4[C@@H]5CC(C)(C)CC[C@]5(C(=O)OC)CC[C@@]4(C)[C@]3(C)CC[C@H]2[C@@](C)(CO)C1=O. The highest BCUT2D eigenvalue weighted by Gasteiger charge is 2.71. The lowest BCUT2D eigenvalue weighted by molar-refractivity contribution is -0.192. The van der Waals surface area contributed by atoms with Crippen molar-refractivity contribution in [3.63, 3.8) is 0 Å². The minimum Gasteiger partial charge on any atom is -0.469 e. The molecule has 5 rings (SSSR count). The molecule has 5 aliphatic rings. The van der Waals surface area contributed by atoms with Crippen molar-refractivity contribution in [1.82, 2.24) is 0 Å². The van der Waals surface area contributed by atoms with Crippen LogP contribution in [0.25, 0.3) is 0 Å². The number of aliphatic hydroxyl groups excluding tert-OH is 1. The molecule has 0 unspecified atom stereocenters. The second-order valence-corrected chi connectivity index (χ2v) is 18.7. The van der Waals surface area contributed by atoms with Crippen molar-refractivity contribution in [2.45, 2.75) is 113 Å². The average molecular weight is 631 g/mol. The smallest absolute Gasteiger partial charge is 0.312 e. The van der Waals surface area contributed by atoms with Crippen molar-refractivity contribution in [2.75, 3.05) is 19.5 Å². The maximum atomic E-state index is 14.6. The number of allylic oxidation sites excluding steroid dienone is 3. The molecule has 0 amide bonds. The highest BCUT2D eigenvalue weighted by Crippen LogP contribution is 2.75. The van der Waals surface area contributed by atoms with E-state index in [0.29, 0.717) is 25.7 Å². The number of rotatable bonds is 6. The van der Waals surface area contributed by atoms with E-state index in [1.54, 1.807) is 6.92 Å². The monoisotopic (exact) mass is 630 g/mol. The number of aliphatic hydroxyl groups is 1. The van der Waals surface area contributed by atoms with E-state index in [2.05, 4.69) is 34.6 Å². The predicted molar refractivity (Wildman–Crippen MR) is 170 cm³/mol. The van der Waals surface area contributed by atoms with E-state index in [1.807, 2.05) is 13.0 Å². The molecule has 0 bridgehead atoms. The van der Waals surface area contributed by atoms with Crippen LogP contribution in [0.2, 0.25) is 0 Å². The number of ketones is 2. The molecule has 0 aliphatic heterocycles. The number of Topliss-reactive ketones (excluding diaryl/α,β-unsaturated/α-hetero) is 1. The Hall–Kier alpha value is -1.80. The van der Waals surface area contributed by atoms with Crippen LogP contribution in [0, 0.1) is 50.2 Å². The van der Waals surface area contributed by atoms with Crippen LogP contribution in [0.15, 0.2) is 22.6 Å². The summed E-state index contributed by atoms with van der Waals surface area (Å²) >= 11 is 0. The van der Waals surface area contributed by atoms with Crippen molar-refractivity contribution in [2.24, 2.45) is 50.2 Å². The minimum atomic E-state index is -3.62. The van der Waals surface area contributed by atoms with Gasteiger partial charge >= 0.3 is 5.97 Å². The van der Waals surface area contributed by atoms with Crippen LogP contribution < -0.4 is 0 Å². The number of ether oxygens (including phenoxy) is 1. The summed E-state index contributed by atoms with van der Waals surface area (Å²) in [5.41, 5.74) is -2.08. The molecule has 0 aromatic heterocycles. The van der Waals surface area contributed by atoms with Gasteiger partial charge in [0.25, 0.3) is 0 Å². The van der Waals surface area contributed by atoms with Crippen molar-refractivity contribution < 1.29 is 32.6 Å². The first-order valence-corrected chi connectivity index (χ1v) is 18.5. The van der Waals surface area contributed by atoms with Gasteiger partial charge in [0.1, 0.15) is 0 Å². The molecule has 0 saturated heterocycles.